The highest BCUT2D eigenvalue weighted by atomic mass is 19.4. The van der Waals surface area contributed by atoms with Gasteiger partial charge in [0.25, 0.3) is 0 Å². The van der Waals surface area contributed by atoms with Crippen LogP contribution in [0.1, 0.15) is 62.5 Å². The van der Waals surface area contributed by atoms with E-state index in [-0.39, 0.29) is 17.7 Å². The van der Waals surface area contributed by atoms with Crippen LogP contribution in [0.15, 0.2) is 18.2 Å². The number of alkyl halides is 3. The van der Waals surface area contributed by atoms with Crippen LogP contribution in [0.2, 0.25) is 0 Å². The average Bonchev–Trinajstić information content (AvgIpc) is 3.50. The van der Waals surface area contributed by atoms with Gasteiger partial charge >= 0.3 is 6.18 Å². The molecule has 1 N–H and O–H groups in total. The van der Waals surface area contributed by atoms with Crippen molar-refractivity contribution in [2.24, 2.45) is 17.3 Å². The number of nitriles is 1. The molecule has 0 aromatic heterocycles. The average molecular weight is 491 g/mol. The van der Waals surface area contributed by atoms with Gasteiger partial charge in [-0.25, -0.2) is 0 Å². The fourth-order valence-corrected chi connectivity index (χ4v) is 6.25. The molecule has 1 aromatic rings. The zero-order chi connectivity index (χ0) is 25.2. The maximum Gasteiger partial charge on any atom is 0.417 e. The first-order valence-corrected chi connectivity index (χ1v) is 12.5. The lowest BCUT2D eigenvalue weighted by atomic mass is 9.70. The third kappa shape index (κ3) is 5.26. The SMILES string of the molecule is CNC(=O)C1CN(c2ccc(C#N)c(C(F)(F)F)c2)CC12CCN(C(=O)CCC1CCCC1)CC2. The Bertz CT molecular complexity index is 989. The first-order valence-electron chi connectivity index (χ1n) is 12.5. The Morgan fingerprint density at radius 3 is 2.49 bits per heavy atom. The molecule has 35 heavy (non-hydrogen) atoms. The Morgan fingerprint density at radius 2 is 1.89 bits per heavy atom. The molecule has 0 bridgehead atoms. The van der Waals surface area contributed by atoms with E-state index >= 15 is 0 Å². The Balaban J connectivity index is 1.48. The number of carbonyl (C=O) groups excluding carboxylic acids is 2. The molecule has 3 fully saturated rings. The molecule has 190 valence electrons. The molecule has 1 aromatic carbocycles. The molecule has 0 radical (unpaired) electrons. The minimum atomic E-state index is -4.64. The van der Waals surface area contributed by atoms with Crippen molar-refractivity contribution in [1.82, 2.24) is 10.2 Å². The van der Waals surface area contributed by atoms with Crippen LogP contribution in [0.25, 0.3) is 0 Å². The number of rotatable bonds is 5. The summed E-state index contributed by atoms with van der Waals surface area (Å²) in [6, 6.07) is 5.35. The summed E-state index contributed by atoms with van der Waals surface area (Å²) in [4.78, 5) is 29.3. The second-order valence-corrected chi connectivity index (χ2v) is 10.3. The smallest absolute Gasteiger partial charge is 0.370 e. The molecule has 2 amide bonds. The third-order valence-corrected chi connectivity index (χ3v) is 8.36. The van der Waals surface area contributed by atoms with E-state index in [1.165, 1.54) is 37.8 Å². The van der Waals surface area contributed by atoms with E-state index in [1.54, 1.807) is 13.1 Å². The molecule has 3 aliphatic rings. The van der Waals surface area contributed by atoms with Crippen LogP contribution in [0, 0.1) is 28.6 Å². The van der Waals surface area contributed by atoms with E-state index in [4.69, 9.17) is 5.26 Å². The highest BCUT2D eigenvalue weighted by Gasteiger charge is 2.51. The van der Waals surface area contributed by atoms with Crippen molar-refractivity contribution in [1.29, 1.82) is 5.26 Å². The van der Waals surface area contributed by atoms with Crippen LogP contribution >= 0.6 is 0 Å². The molecule has 1 saturated carbocycles. The Labute approximate surface area is 204 Å². The summed E-state index contributed by atoms with van der Waals surface area (Å²) in [5, 5.41) is 11.8. The Morgan fingerprint density at radius 1 is 1.20 bits per heavy atom. The number of nitrogens with zero attached hydrogens (tertiary/aromatic N) is 3. The normalized spacial score (nSPS) is 22.4. The van der Waals surface area contributed by atoms with Gasteiger partial charge in [-0.3, -0.25) is 9.59 Å². The van der Waals surface area contributed by atoms with E-state index in [0.29, 0.717) is 57.0 Å². The maximum absolute atomic E-state index is 13.5. The fraction of sp³-hybridized carbons (Fsp3) is 0.654. The Hall–Kier alpha value is -2.76. The third-order valence-electron chi connectivity index (χ3n) is 8.36. The second-order valence-electron chi connectivity index (χ2n) is 10.3. The van der Waals surface area contributed by atoms with Crippen LogP contribution < -0.4 is 10.2 Å². The van der Waals surface area contributed by atoms with Crippen molar-refractivity contribution >= 4 is 17.5 Å². The number of anilines is 1. The molecule has 2 heterocycles. The minimum absolute atomic E-state index is 0.127. The highest BCUT2D eigenvalue weighted by molar-refractivity contribution is 5.81. The van der Waals surface area contributed by atoms with Gasteiger partial charge in [-0.05, 0) is 43.4 Å². The minimum Gasteiger partial charge on any atom is -0.370 e. The van der Waals surface area contributed by atoms with Crippen LogP contribution in [-0.2, 0) is 15.8 Å². The van der Waals surface area contributed by atoms with Gasteiger partial charge in [0.15, 0.2) is 0 Å². The van der Waals surface area contributed by atoms with E-state index < -0.39 is 22.7 Å². The van der Waals surface area contributed by atoms with Crippen molar-refractivity contribution in [3.8, 4) is 6.07 Å². The number of hydrogen-bond donors (Lipinski definition) is 1. The lowest BCUT2D eigenvalue weighted by Gasteiger charge is -2.42. The van der Waals surface area contributed by atoms with Gasteiger partial charge in [-0.15, -0.1) is 0 Å². The van der Waals surface area contributed by atoms with Gasteiger partial charge in [0, 0.05) is 50.7 Å². The van der Waals surface area contributed by atoms with Gasteiger partial charge in [-0.2, -0.15) is 18.4 Å². The predicted octanol–water partition coefficient (Wildman–Crippen LogP) is 4.34. The first kappa shape index (κ1) is 25.3. The monoisotopic (exact) mass is 490 g/mol. The quantitative estimate of drug-likeness (QED) is 0.666. The number of carbonyl (C=O) groups is 2. The van der Waals surface area contributed by atoms with Gasteiger partial charge in [-0.1, -0.05) is 25.7 Å². The van der Waals surface area contributed by atoms with Gasteiger partial charge in [0.1, 0.15) is 0 Å². The fourth-order valence-electron chi connectivity index (χ4n) is 6.25. The van der Waals surface area contributed by atoms with Crippen molar-refractivity contribution in [3.63, 3.8) is 0 Å². The number of amides is 2. The molecule has 1 unspecified atom stereocenters. The molecule has 9 heteroatoms. The van der Waals surface area contributed by atoms with E-state index in [2.05, 4.69) is 5.32 Å². The molecule has 4 rings (SSSR count). The van der Waals surface area contributed by atoms with E-state index in [0.717, 1.165) is 12.5 Å². The summed E-state index contributed by atoms with van der Waals surface area (Å²) in [6.45, 7) is 1.87. The molecule has 1 atom stereocenters. The zero-order valence-electron chi connectivity index (χ0n) is 20.2. The molecule has 6 nitrogen and oxygen atoms in total. The summed E-state index contributed by atoms with van der Waals surface area (Å²) in [7, 11) is 1.57. The molecular weight excluding hydrogens is 457 g/mol. The number of halogens is 3. The summed E-state index contributed by atoms with van der Waals surface area (Å²) in [6.07, 6.45) is 3.08. The first-order chi connectivity index (χ1) is 16.7. The molecule has 2 saturated heterocycles. The van der Waals surface area contributed by atoms with Crippen LogP contribution in [0.3, 0.4) is 0 Å². The predicted molar refractivity (Wildman–Crippen MR) is 125 cm³/mol. The summed E-state index contributed by atoms with van der Waals surface area (Å²) < 4.78 is 40.6. The van der Waals surface area contributed by atoms with Crippen molar-refractivity contribution in [2.45, 2.75) is 57.5 Å². The molecule has 1 aliphatic carbocycles. The number of likely N-dealkylation sites (tertiary alicyclic amines) is 1. The van der Waals surface area contributed by atoms with E-state index in [9.17, 15) is 22.8 Å². The van der Waals surface area contributed by atoms with E-state index in [1.807, 2.05) is 9.80 Å². The summed E-state index contributed by atoms with van der Waals surface area (Å²) in [5.41, 5.74) is -1.42. The molecule has 1 spiro atoms. The maximum atomic E-state index is 13.5. The summed E-state index contributed by atoms with van der Waals surface area (Å²) in [5.74, 6) is 0.316. The number of piperidine rings is 1. The number of nitrogens with one attached hydrogen (secondary N) is 1. The van der Waals surface area contributed by atoms with Crippen LogP contribution in [0.4, 0.5) is 18.9 Å². The molecular formula is C26H33F3N4O2. The lowest BCUT2D eigenvalue weighted by Crippen LogP contribution is -2.49. The number of benzene rings is 1. The zero-order valence-corrected chi connectivity index (χ0v) is 20.2. The van der Waals surface area contributed by atoms with Gasteiger partial charge < -0.3 is 15.1 Å². The number of hydrogen-bond acceptors (Lipinski definition) is 4. The largest absolute Gasteiger partial charge is 0.417 e. The van der Waals surface area contributed by atoms with Crippen LogP contribution in [0.5, 0.6) is 0 Å². The second kappa shape index (κ2) is 10.1. The Kier molecular flexibility index (Phi) is 7.30. The summed E-state index contributed by atoms with van der Waals surface area (Å²) >= 11 is 0. The van der Waals surface area contributed by atoms with Crippen molar-refractivity contribution < 1.29 is 22.8 Å². The van der Waals surface area contributed by atoms with Gasteiger partial charge in [0.05, 0.1) is 23.1 Å². The molecule has 2 aliphatic heterocycles. The lowest BCUT2D eigenvalue weighted by molar-refractivity contribution is -0.138. The standard InChI is InChI=1S/C26H33F3N4O2/c1-31-24(35)22-16-33(20-8-7-19(15-30)21(14-20)26(27,28)29)17-25(22)10-12-32(13-11-25)23(34)9-6-18-4-2-3-5-18/h7-8,14,18,22H,2-6,9-13,16-17H2,1H3,(H,31,35). The van der Waals surface area contributed by atoms with Crippen LogP contribution in [-0.4, -0.2) is 49.9 Å². The highest BCUT2D eigenvalue weighted by Crippen LogP contribution is 2.47. The van der Waals surface area contributed by atoms with Crippen molar-refractivity contribution in [2.75, 3.05) is 38.1 Å². The van der Waals surface area contributed by atoms with Crippen molar-refractivity contribution in [3.05, 3.63) is 29.3 Å². The topological polar surface area (TPSA) is 76.4 Å². The van der Waals surface area contributed by atoms with Gasteiger partial charge in [0.2, 0.25) is 11.8 Å².